The first-order valence-electron chi connectivity index (χ1n) is 6.01. The zero-order valence-electron chi connectivity index (χ0n) is 11.8. The molecule has 1 aromatic carbocycles. The summed E-state index contributed by atoms with van der Waals surface area (Å²) in [6.07, 6.45) is 5.48. The van der Waals surface area contributed by atoms with E-state index in [9.17, 15) is 0 Å². The number of hydrogen-bond donors (Lipinski definition) is 0. The molecule has 0 atom stereocenters. The van der Waals surface area contributed by atoms with Gasteiger partial charge in [-0.25, -0.2) is 0 Å². The van der Waals surface area contributed by atoms with Gasteiger partial charge < -0.3 is 9.47 Å². The van der Waals surface area contributed by atoms with E-state index in [0.717, 1.165) is 11.1 Å². The van der Waals surface area contributed by atoms with E-state index in [2.05, 4.69) is 44.3 Å². The monoisotopic (exact) mass is 256 g/mol. The predicted molar refractivity (Wildman–Crippen MR) is 80.6 cm³/mol. The third-order valence-corrected chi connectivity index (χ3v) is 2.68. The van der Waals surface area contributed by atoms with Gasteiger partial charge in [-0.05, 0) is 18.6 Å². The summed E-state index contributed by atoms with van der Waals surface area (Å²) in [5.74, 6) is 1.15. The van der Waals surface area contributed by atoms with Crippen molar-refractivity contribution in [3.8, 4) is 0 Å². The third-order valence-electron chi connectivity index (χ3n) is 2.68. The molecule has 2 nitrogen and oxygen atoms in total. The maximum atomic E-state index is 5.30. The Hall–Kier alpha value is -2.22. The van der Waals surface area contributed by atoms with Gasteiger partial charge in [-0.2, -0.15) is 0 Å². The molecule has 0 aliphatic carbocycles. The van der Waals surface area contributed by atoms with E-state index in [-0.39, 0.29) is 0 Å². The number of rotatable bonds is 6. The highest BCUT2D eigenvalue weighted by atomic mass is 16.5. The van der Waals surface area contributed by atoms with Crippen LogP contribution in [-0.2, 0) is 9.47 Å². The van der Waals surface area contributed by atoms with Crippen molar-refractivity contribution in [2.24, 2.45) is 0 Å². The third kappa shape index (κ3) is 4.18. The van der Waals surface area contributed by atoms with E-state index < -0.39 is 0 Å². The van der Waals surface area contributed by atoms with Crippen LogP contribution in [0.1, 0.15) is 11.1 Å². The number of benzene rings is 1. The zero-order chi connectivity index (χ0) is 14.3. The molecule has 0 saturated carbocycles. The van der Waals surface area contributed by atoms with Crippen LogP contribution in [0.4, 0.5) is 0 Å². The normalized spacial score (nSPS) is 11.9. The Bertz CT molecular complexity index is 505. The molecule has 100 valence electrons. The van der Waals surface area contributed by atoms with Crippen LogP contribution < -0.4 is 0 Å². The molecule has 1 rings (SSSR count). The first-order chi connectivity index (χ1) is 9.12. The Morgan fingerprint density at radius 2 is 1.74 bits per heavy atom. The van der Waals surface area contributed by atoms with Crippen molar-refractivity contribution in [3.05, 3.63) is 77.8 Å². The highest BCUT2D eigenvalue weighted by Crippen LogP contribution is 2.18. The summed E-state index contributed by atoms with van der Waals surface area (Å²) < 4.78 is 10.5. The molecule has 0 fully saturated rings. The van der Waals surface area contributed by atoms with Gasteiger partial charge >= 0.3 is 0 Å². The van der Waals surface area contributed by atoms with Crippen molar-refractivity contribution >= 4 is 6.08 Å². The smallest absolute Gasteiger partial charge is 0.167 e. The second kappa shape index (κ2) is 7.27. The van der Waals surface area contributed by atoms with Gasteiger partial charge in [-0.15, -0.1) is 0 Å². The maximum absolute atomic E-state index is 5.30. The molecular weight excluding hydrogens is 236 g/mol. The van der Waals surface area contributed by atoms with Gasteiger partial charge in [0.05, 0.1) is 14.2 Å². The fourth-order valence-electron chi connectivity index (χ4n) is 1.61. The van der Waals surface area contributed by atoms with Crippen molar-refractivity contribution in [1.29, 1.82) is 0 Å². The lowest BCUT2D eigenvalue weighted by Gasteiger charge is -2.10. The van der Waals surface area contributed by atoms with Crippen LogP contribution in [0.3, 0.4) is 0 Å². The summed E-state index contributed by atoms with van der Waals surface area (Å²) in [6.45, 7) is 9.72. The van der Waals surface area contributed by atoms with Crippen molar-refractivity contribution in [1.82, 2.24) is 0 Å². The molecule has 0 heterocycles. The van der Waals surface area contributed by atoms with Gasteiger partial charge in [0.2, 0.25) is 0 Å². The minimum Gasteiger partial charge on any atom is -0.493 e. The fourth-order valence-corrected chi connectivity index (χ4v) is 1.61. The minimum atomic E-state index is 0.570. The van der Waals surface area contributed by atoms with E-state index in [1.807, 2.05) is 12.2 Å². The molecule has 0 bridgehead atoms. The van der Waals surface area contributed by atoms with Crippen LogP contribution in [0, 0.1) is 6.92 Å². The summed E-state index contributed by atoms with van der Waals surface area (Å²) in [4.78, 5) is 0. The summed E-state index contributed by atoms with van der Waals surface area (Å²) in [5, 5.41) is 0. The molecule has 0 aliphatic heterocycles. The molecule has 2 heteroatoms. The maximum Gasteiger partial charge on any atom is 0.167 e. The highest BCUT2D eigenvalue weighted by molar-refractivity contribution is 5.56. The highest BCUT2D eigenvalue weighted by Gasteiger charge is 2.06. The Labute approximate surface area is 115 Å². The largest absolute Gasteiger partial charge is 0.493 e. The average molecular weight is 256 g/mol. The van der Waals surface area contributed by atoms with Gasteiger partial charge in [0.1, 0.15) is 0 Å². The Kier molecular flexibility index (Phi) is 5.68. The standard InChI is InChI=1S/C17H20O2/c1-6-16(18-4)17(19-5)14(3)9-12-15-10-7-13(2)8-11-15/h6-12H,1,3H2,2,4-5H3/b12-9+,17-16-. The van der Waals surface area contributed by atoms with Crippen LogP contribution in [-0.4, -0.2) is 14.2 Å². The van der Waals surface area contributed by atoms with E-state index in [1.54, 1.807) is 20.3 Å². The van der Waals surface area contributed by atoms with Crippen molar-refractivity contribution < 1.29 is 9.47 Å². The number of hydrogen-bond acceptors (Lipinski definition) is 2. The fraction of sp³-hybridized carbons (Fsp3) is 0.176. The molecule has 19 heavy (non-hydrogen) atoms. The van der Waals surface area contributed by atoms with Crippen LogP contribution in [0.15, 0.2) is 66.7 Å². The molecule has 1 aromatic rings. The summed E-state index contributed by atoms with van der Waals surface area (Å²) >= 11 is 0. The van der Waals surface area contributed by atoms with Gasteiger partial charge in [0, 0.05) is 5.57 Å². The van der Waals surface area contributed by atoms with Crippen LogP contribution in [0.2, 0.25) is 0 Å². The first kappa shape index (κ1) is 14.8. The molecule has 0 unspecified atom stereocenters. The average Bonchev–Trinajstić information content (AvgIpc) is 2.43. The van der Waals surface area contributed by atoms with Gasteiger partial charge in [-0.3, -0.25) is 0 Å². The summed E-state index contributed by atoms with van der Waals surface area (Å²) in [6, 6.07) is 8.25. The van der Waals surface area contributed by atoms with Crippen LogP contribution >= 0.6 is 0 Å². The second-order valence-corrected chi connectivity index (χ2v) is 4.08. The van der Waals surface area contributed by atoms with E-state index >= 15 is 0 Å². The molecule has 0 amide bonds. The quantitative estimate of drug-likeness (QED) is 0.559. The number of aryl methyl sites for hydroxylation is 1. The van der Waals surface area contributed by atoms with Crippen molar-refractivity contribution in [3.63, 3.8) is 0 Å². The first-order valence-corrected chi connectivity index (χ1v) is 6.01. The number of ether oxygens (including phenoxy) is 2. The topological polar surface area (TPSA) is 18.5 Å². The zero-order valence-corrected chi connectivity index (χ0v) is 11.8. The molecule has 0 aromatic heterocycles. The molecule has 0 spiro atoms. The molecule has 0 N–H and O–H groups in total. The van der Waals surface area contributed by atoms with E-state index in [0.29, 0.717) is 11.5 Å². The summed E-state index contributed by atoms with van der Waals surface area (Å²) in [7, 11) is 3.16. The van der Waals surface area contributed by atoms with Crippen molar-refractivity contribution in [2.75, 3.05) is 14.2 Å². The second-order valence-electron chi connectivity index (χ2n) is 4.08. The predicted octanol–water partition coefficient (Wildman–Crippen LogP) is 4.25. The molecular formula is C17H20O2. The van der Waals surface area contributed by atoms with Gasteiger partial charge in [0.25, 0.3) is 0 Å². The lowest BCUT2D eigenvalue weighted by Crippen LogP contribution is -1.96. The number of methoxy groups -OCH3 is 2. The minimum absolute atomic E-state index is 0.570. The SMILES string of the molecule is C=C/C(OC)=C(/OC)C(=C)/C=C/c1ccc(C)cc1. The Balaban J connectivity index is 2.92. The van der Waals surface area contributed by atoms with Crippen LogP contribution in [0.25, 0.3) is 6.08 Å². The van der Waals surface area contributed by atoms with E-state index in [4.69, 9.17) is 9.47 Å². The molecule has 0 radical (unpaired) electrons. The van der Waals surface area contributed by atoms with E-state index in [1.165, 1.54) is 5.56 Å². The Morgan fingerprint density at radius 3 is 2.21 bits per heavy atom. The van der Waals surface area contributed by atoms with Crippen LogP contribution in [0.5, 0.6) is 0 Å². The van der Waals surface area contributed by atoms with Gasteiger partial charge in [-0.1, -0.05) is 55.1 Å². The number of allylic oxidation sites excluding steroid dienone is 2. The van der Waals surface area contributed by atoms with Gasteiger partial charge in [0.15, 0.2) is 11.5 Å². The molecule has 0 aliphatic rings. The summed E-state index contributed by atoms with van der Waals surface area (Å²) in [5.41, 5.74) is 3.08. The lowest BCUT2D eigenvalue weighted by atomic mass is 10.1. The molecule has 0 saturated heterocycles. The Morgan fingerprint density at radius 1 is 1.11 bits per heavy atom. The lowest BCUT2D eigenvalue weighted by molar-refractivity contribution is 0.239. The van der Waals surface area contributed by atoms with Crippen molar-refractivity contribution in [2.45, 2.75) is 6.92 Å².